The minimum Gasteiger partial charge on any atom is -0.363 e. The topological polar surface area (TPSA) is 58.1 Å². The van der Waals surface area contributed by atoms with Crippen LogP contribution in [0.25, 0.3) is 0 Å². The second-order valence-corrected chi connectivity index (χ2v) is 5.59. The van der Waals surface area contributed by atoms with Gasteiger partial charge >= 0.3 is 0 Å². The number of hydrogen-bond acceptors (Lipinski definition) is 5. The molecule has 1 saturated heterocycles. The van der Waals surface area contributed by atoms with E-state index in [1.54, 1.807) is 7.05 Å². The van der Waals surface area contributed by atoms with Crippen molar-refractivity contribution in [2.45, 2.75) is 32.7 Å². The van der Waals surface area contributed by atoms with Crippen molar-refractivity contribution in [3.63, 3.8) is 0 Å². The first-order valence-corrected chi connectivity index (χ1v) is 6.77. The van der Waals surface area contributed by atoms with Gasteiger partial charge in [-0.2, -0.15) is 0 Å². The largest absolute Gasteiger partial charge is 0.363 e. The first kappa shape index (κ1) is 12.3. The Morgan fingerprint density at radius 1 is 1.53 bits per heavy atom. The summed E-state index contributed by atoms with van der Waals surface area (Å²) in [6.45, 7) is 5.17. The lowest BCUT2D eigenvalue weighted by molar-refractivity contribution is 0.0700. The minimum atomic E-state index is 0.0280. The maximum Gasteiger partial charge on any atom is 0.285 e. The van der Waals surface area contributed by atoms with Crippen molar-refractivity contribution < 1.29 is 4.79 Å². The highest BCUT2D eigenvalue weighted by Crippen LogP contribution is 2.26. The summed E-state index contributed by atoms with van der Waals surface area (Å²) in [5.41, 5.74) is 0. The van der Waals surface area contributed by atoms with Crippen molar-refractivity contribution in [1.29, 1.82) is 0 Å². The lowest BCUT2D eigenvalue weighted by atomic mass is 10.0. The summed E-state index contributed by atoms with van der Waals surface area (Å²) in [5.74, 6) is 0.526. The molecule has 5 nitrogen and oxygen atoms in total. The molecule has 1 fully saturated rings. The normalized spacial score (nSPS) is 20.0. The van der Waals surface area contributed by atoms with E-state index in [9.17, 15) is 4.79 Å². The van der Waals surface area contributed by atoms with E-state index >= 15 is 0 Å². The zero-order valence-electron chi connectivity index (χ0n) is 10.4. The summed E-state index contributed by atoms with van der Waals surface area (Å²) in [7, 11) is 1.78. The third-order valence-corrected chi connectivity index (χ3v) is 4.08. The van der Waals surface area contributed by atoms with E-state index in [-0.39, 0.29) is 5.91 Å². The molecule has 17 heavy (non-hydrogen) atoms. The summed E-state index contributed by atoms with van der Waals surface area (Å²) in [6, 6.07) is 0.351. The Kier molecular flexibility index (Phi) is 3.61. The predicted octanol–water partition coefficient (Wildman–Crippen LogP) is 1.84. The van der Waals surface area contributed by atoms with Crippen LogP contribution in [0.2, 0.25) is 0 Å². The van der Waals surface area contributed by atoms with Crippen LogP contribution >= 0.6 is 11.3 Å². The van der Waals surface area contributed by atoms with Crippen molar-refractivity contribution >= 4 is 22.4 Å². The van der Waals surface area contributed by atoms with Crippen LogP contribution in [0.4, 0.5) is 5.13 Å². The van der Waals surface area contributed by atoms with Gasteiger partial charge in [-0.15, -0.1) is 10.2 Å². The molecule has 0 spiro atoms. The van der Waals surface area contributed by atoms with Crippen LogP contribution in [0.3, 0.4) is 0 Å². The summed E-state index contributed by atoms with van der Waals surface area (Å²) < 4.78 is 0. The number of aromatic nitrogens is 2. The lowest BCUT2D eigenvalue weighted by Gasteiger charge is -2.26. The number of amides is 1. The van der Waals surface area contributed by atoms with Crippen LogP contribution in [-0.2, 0) is 0 Å². The van der Waals surface area contributed by atoms with Crippen molar-refractivity contribution in [3.8, 4) is 0 Å². The average molecular weight is 254 g/mol. The standard InChI is InChI=1S/C11H18N4OS/c1-7(2)8-5-4-6-15(8)10(16)9-13-14-11(12-3)17-9/h7-8H,4-6H2,1-3H3,(H,12,14). The fourth-order valence-corrected chi connectivity index (χ4v) is 2.92. The van der Waals surface area contributed by atoms with Gasteiger partial charge in [-0.05, 0) is 18.8 Å². The van der Waals surface area contributed by atoms with Crippen LogP contribution in [0.1, 0.15) is 36.5 Å². The number of nitrogens with one attached hydrogen (secondary N) is 1. The minimum absolute atomic E-state index is 0.0280. The van der Waals surface area contributed by atoms with Crippen LogP contribution in [0.5, 0.6) is 0 Å². The van der Waals surface area contributed by atoms with Crippen LogP contribution in [-0.4, -0.2) is 40.6 Å². The van der Waals surface area contributed by atoms with E-state index in [0.717, 1.165) is 19.4 Å². The Balaban J connectivity index is 2.13. The Morgan fingerprint density at radius 2 is 2.29 bits per heavy atom. The fraction of sp³-hybridized carbons (Fsp3) is 0.727. The maximum atomic E-state index is 12.3. The van der Waals surface area contributed by atoms with Gasteiger partial charge in [0.15, 0.2) is 0 Å². The number of hydrogen-bond donors (Lipinski definition) is 1. The highest BCUT2D eigenvalue weighted by molar-refractivity contribution is 7.17. The highest BCUT2D eigenvalue weighted by atomic mass is 32.1. The number of carbonyl (C=O) groups is 1. The Hall–Kier alpha value is -1.17. The molecule has 2 rings (SSSR count). The predicted molar refractivity (Wildman–Crippen MR) is 68.4 cm³/mol. The molecule has 1 aromatic rings. The van der Waals surface area contributed by atoms with E-state index < -0.39 is 0 Å². The first-order chi connectivity index (χ1) is 8.13. The summed E-state index contributed by atoms with van der Waals surface area (Å²) >= 11 is 1.32. The second-order valence-electron chi connectivity index (χ2n) is 4.61. The van der Waals surface area contributed by atoms with Gasteiger partial charge in [-0.3, -0.25) is 4.79 Å². The number of likely N-dealkylation sites (tertiary alicyclic amines) is 1. The van der Waals surface area contributed by atoms with Gasteiger partial charge in [0, 0.05) is 19.6 Å². The average Bonchev–Trinajstić information content (AvgIpc) is 2.97. The van der Waals surface area contributed by atoms with Crippen LogP contribution in [0.15, 0.2) is 0 Å². The van der Waals surface area contributed by atoms with Gasteiger partial charge in [-0.25, -0.2) is 0 Å². The third-order valence-electron chi connectivity index (χ3n) is 3.15. The van der Waals surface area contributed by atoms with Gasteiger partial charge in [0.2, 0.25) is 10.1 Å². The molecule has 0 aromatic carbocycles. The third kappa shape index (κ3) is 2.41. The molecule has 0 bridgehead atoms. The van der Waals surface area contributed by atoms with Gasteiger partial charge < -0.3 is 10.2 Å². The van der Waals surface area contributed by atoms with Crippen molar-refractivity contribution in [3.05, 3.63) is 5.01 Å². The molecule has 1 amide bonds. The van der Waals surface area contributed by atoms with Crippen LogP contribution < -0.4 is 5.32 Å². The summed E-state index contributed by atoms with van der Waals surface area (Å²) in [6.07, 6.45) is 2.19. The fourth-order valence-electron chi connectivity index (χ4n) is 2.27. The lowest BCUT2D eigenvalue weighted by Crippen LogP contribution is -2.38. The number of carbonyl (C=O) groups excluding carboxylic acids is 1. The molecule has 2 heterocycles. The van der Waals surface area contributed by atoms with Crippen LogP contribution in [0, 0.1) is 5.92 Å². The Morgan fingerprint density at radius 3 is 2.88 bits per heavy atom. The molecule has 0 radical (unpaired) electrons. The van der Waals surface area contributed by atoms with E-state index in [1.807, 2.05) is 4.90 Å². The van der Waals surface area contributed by atoms with Crippen molar-refractivity contribution in [2.75, 3.05) is 18.9 Å². The van der Waals surface area contributed by atoms with Crippen molar-refractivity contribution in [2.24, 2.45) is 5.92 Å². The number of nitrogens with zero attached hydrogens (tertiary/aromatic N) is 3. The van der Waals surface area contributed by atoms with E-state index in [0.29, 0.717) is 22.1 Å². The van der Waals surface area contributed by atoms with E-state index in [4.69, 9.17) is 0 Å². The molecule has 1 aliphatic rings. The molecular weight excluding hydrogens is 236 g/mol. The first-order valence-electron chi connectivity index (χ1n) is 5.95. The molecule has 1 aliphatic heterocycles. The molecule has 1 atom stereocenters. The molecule has 94 valence electrons. The monoisotopic (exact) mass is 254 g/mol. The highest BCUT2D eigenvalue weighted by Gasteiger charge is 2.32. The van der Waals surface area contributed by atoms with E-state index in [1.165, 1.54) is 11.3 Å². The van der Waals surface area contributed by atoms with Crippen molar-refractivity contribution in [1.82, 2.24) is 15.1 Å². The molecular formula is C11H18N4OS. The number of anilines is 1. The van der Waals surface area contributed by atoms with Gasteiger partial charge in [0.1, 0.15) is 0 Å². The molecule has 1 aromatic heterocycles. The molecule has 1 N–H and O–H groups in total. The smallest absolute Gasteiger partial charge is 0.285 e. The van der Waals surface area contributed by atoms with Gasteiger partial charge in [0.05, 0.1) is 0 Å². The van der Waals surface area contributed by atoms with E-state index in [2.05, 4.69) is 29.4 Å². The Labute approximate surface area is 105 Å². The molecule has 0 saturated carbocycles. The number of rotatable bonds is 3. The summed E-state index contributed by atoms with van der Waals surface area (Å²) in [4.78, 5) is 14.2. The molecule has 0 aliphatic carbocycles. The second kappa shape index (κ2) is 5.00. The van der Waals surface area contributed by atoms with Gasteiger partial charge in [-0.1, -0.05) is 25.2 Å². The maximum absolute atomic E-state index is 12.3. The molecule has 1 unspecified atom stereocenters. The zero-order chi connectivity index (χ0) is 12.4. The zero-order valence-corrected chi connectivity index (χ0v) is 11.3. The van der Waals surface area contributed by atoms with Gasteiger partial charge in [0.25, 0.3) is 5.91 Å². The Bertz CT molecular complexity index is 404. The quantitative estimate of drug-likeness (QED) is 0.894. The summed E-state index contributed by atoms with van der Waals surface area (Å²) in [5, 5.41) is 11.9. The SMILES string of the molecule is CNc1nnc(C(=O)N2CCCC2C(C)C)s1. The molecule has 6 heteroatoms.